The number of carbonyl (C=O) groups excluding carboxylic acids is 1. The molecule has 0 heterocycles. The predicted octanol–water partition coefficient (Wildman–Crippen LogP) is 6.35. The number of aliphatic carboxylic acids is 1. The van der Waals surface area contributed by atoms with Gasteiger partial charge in [0.1, 0.15) is 0 Å². The van der Waals surface area contributed by atoms with E-state index in [0.717, 1.165) is 12.1 Å². The summed E-state index contributed by atoms with van der Waals surface area (Å²) < 4.78 is 0. The van der Waals surface area contributed by atoms with E-state index in [1.54, 1.807) is 55.5 Å². The van der Waals surface area contributed by atoms with Crippen molar-refractivity contribution in [3.8, 4) is 0 Å². The molecule has 2 saturated carbocycles. The zero-order chi connectivity index (χ0) is 22.8. The molecule has 4 nitrogen and oxygen atoms in total. The summed E-state index contributed by atoms with van der Waals surface area (Å²) >= 11 is 0. The van der Waals surface area contributed by atoms with Gasteiger partial charge in [0.15, 0.2) is 5.78 Å². The van der Waals surface area contributed by atoms with E-state index in [-0.39, 0.29) is 5.78 Å². The number of ketones is 1. The summed E-state index contributed by atoms with van der Waals surface area (Å²) in [6.07, 6.45) is 14.6. The molecule has 0 amide bonds. The highest BCUT2D eigenvalue weighted by Crippen LogP contribution is 2.22. The molecule has 2 aromatic carbocycles. The summed E-state index contributed by atoms with van der Waals surface area (Å²) in [5.74, 6) is -1.62. The van der Waals surface area contributed by atoms with Crippen LogP contribution in [0.4, 0.5) is 0 Å². The second-order valence-electron chi connectivity index (χ2n) is 9.22. The fourth-order valence-corrected chi connectivity index (χ4v) is 4.72. The zero-order valence-corrected chi connectivity index (χ0v) is 19.3. The van der Waals surface area contributed by atoms with E-state index in [0.29, 0.717) is 16.7 Å². The van der Waals surface area contributed by atoms with Crippen LogP contribution in [0.1, 0.15) is 98.5 Å². The van der Waals surface area contributed by atoms with Gasteiger partial charge in [-0.25, -0.2) is 0 Å². The summed E-state index contributed by atoms with van der Waals surface area (Å²) in [6, 6.07) is 17.5. The van der Waals surface area contributed by atoms with Crippen molar-refractivity contribution in [3.63, 3.8) is 0 Å². The number of carboxylic acids is 1. The van der Waals surface area contributed by atoms with Gasteiger partial charge in [0.2, 0.25) is 0 Å². The average molecular weight is 436 g/mol. The van der Waals surface area contributed by atoms with E-state index >= 15 is 0 Å². The molecule has 32 heavy (non-hydrogen) atoms. The van der Waals surface area contributed by atoms with Crippen LogP contribution in [0.2, 0.25) is 0 Å². The molecule has 4 heteroatoms. The largest absolute Gasteiger partial charge is 0.481 e. The minimum Gasteiger partial charge on any atom is -0.481 e. The minimum absolute atomic E-state index is 0.0972. The van der Waals surface area contributed by atoms with E-state index in [4.69, 9.17) is 5.11 Å². The Morgan fingerprint density at radius 1 is 0.781 bits per heavy atom. The first-order valence-electron chi connectivity index (χ1n) is 12.2. The minimum atomic E-state index is -0.899. The Hall–Kier alpha value is -2.46. The third-order valence-electron chi connectivity index (χ3n) is 6.74. The topological polar surface area (TPSA) is 66.4 Å². The molecule has 0 saturated heterocycles. The van der Waals surface area contributed by atoms with E-state index in [9.17, 15) is 9.59 Å². The van der Waals surface area contributed by atoms with Crippen LogP contribution >= 0.6 is 0 Å². The van der Waals surface area contributed by atoms with Crippen molar-refractivity contribution in [2.45, 2.75) is 89.1 Å². The van der Waals surface area contributed by atoms with Gasteiger partial charge in [0.05, 0.1) is 5.92 Å². The van der Waals surface area contributed by atoms with Crippen molar-refractivity contribution >= 4 is 11.8 Å². The summed E-state index contributed by atoms with van der Waals surface area (Å²) in [7, 11) is 0. The summed E-state index contributed by atoms with van der Waals surface area (Å²) in [4.78, 5) is 23.2. The van der Waals surface area contributed by atoms with Crippen LogP contribution in [0.25, 0.3) is 0 Å². The molecular formula is C28H37NO3. The fraction of sp³-hybridized carbons (Fsp3) is 0.500. The summed E-state index contributed by atoms with van der Waals surface area (Å²) in [5.41, 5.74) is 1.74. The Labute approximate surface area is 192 Å². The van der Waals surface area contributed by atoms with Gasteiger partial charge in [-0.15, -0.1) is 0 Å². The number of carbonyl (C=O) groups is 2. The van der Waals surface area contributed by atoms with Gasteiger partial charge in [-0.05, 0) is 44.2 Å². The van der Waals surface area contributed by atoms with Crippen LogP contribution in [0, 0.1) is 0 Å². The Balaban J connectivity index is 0.000000193. The highest BCUT2D eigenvalue weighted by Gasteiger charge is 2.19. The Bertz CT molecular complexity index is 836. The van der Waals surface area contributed by atoms with E-state index in [1.165, 1.54) is 64.2 Å². The Morgan fingerprint density at radius 2 is 1.31 bits per heavy atom. The first-order valence-corrected chi connectivity index (χ1v) is 12.2. The van der Waals surface area contributed by atoms with Gasteiger partial charge in [0, 0.05) is 23.2 Å². The molecule has 4 rings (SSSR count). The highest BCUT2D eigenvalue weighted by molar-refractivity contribution is 6.09. The van der Waals surface area contributed by atoms with Crippen LogP contribution in [-0.2, 0) is 4.79 Å². The van der Waals surface area contributed by atoms with Gasteiger partial charge in [-0.3, -0.25) is 9.59 Å². The van der Waals surface area contributed by atoms with Crippen molar-refractivity contribution in [3.05, 3.63) is 71.3 Å². The lowest BCUT2D eigenvalue weighted by Crippen LogP contribution is -2.40. The molecule has 2 fully saturated rings. The Morgan fingerprint density at radius 3 is 1.84 bits per heavy atom. The summed E-state index contributed by atoms with van der Waals surface area (Å²) in [5, 5.41) is 12.9. The summed E-state index contributed by atoms with van der Waals surface area (Å²) in [6.45, 7) is 1.61. The number of hydrogen-bond acceptors (Lipinski definition) is 3. The van der Waals surface area contributed by atoms with E-state index in [1.807, 2.05) is 6.07 Å². The van der Waals surface area contributed by atoms with Crippen molar-refractivity contribution in [2.75, 3.05) is 0 Å². The highest BCUT2D eigenvalue weighted by atomic mass is 16.4. The zero-order valence-electron chi connectivity index (χ0n) is 19.3. The number of benzene rings is 2. The number of carboxylic acid groups (broad SMARTS) is 1. The first-order chi connectivity index (χ1) is 15.5. The molecule has 2 aliphatic rings. The second kappa shape index (κ2) is 12.5. The molecule has 0 aliphatic heterocycles. The monoisotopic (exact) mass is 435 g/mol. The molecule has 0 bridgehead atoms. The normalized spacial score (nSPS) is 18.3. The molecular weight excluding hydrogens is 398 g/mol. The molecule has 2 aromatic rings. The Kier molecular flexibility index (Phi) is 9.48. The first kappa shape index (κ1) is 24.2. The standard InChI is InChI=1S/C16H14O3.C12H23N/c1-11(16(18)19)13-8-5-9-14(10-13)15(17)12-6-3-2-4-7-12;1-3-7-11(8-4-1)13-12-9-5-2-6-10-12/h2-11H,1H3,(H,18,19);11-13H,1-10H2. The molecule has 2 aliphatic carbocycles. The van der Waals surface area contributed by atoms with Crippen LogP contribution in [0.5, 0.6) is 0 Å². The van der Waals surface area contributed by atoms with Gasteiger partial charge < -0.3 is 10.4 Å². The van der Waals surface area contributed by atoms with Crippen molar-refractivity contribution in [2.24, 2.45) is 0 Å². The van der Waals surface area contributed by atoms with Crippen molar-refractivity contribution in [1.82, 2.24) is 5.32 Å². The van der Waals surface area contributed by atoms with Gasteiger partial charge in [-0.2, -0.15) is 0 Å². The van der Waals surface area contributed by atoms with Gasteiger partial charge in [-0.1, -0.05) is 87.1 Å². The lowest BCUT2D eigenvalue weighted by atomic mass is 9.91. The maximum Gasteiger partial charge on any atom is 0.310 e. The van der Waals surface area contributed by atoms with E-state index in [2.05, 4.69) is 5.32 Å². The molecule has 0 aromatic heterocycles. The van der Waals surface area contributed by atoms with Crippen LogP contribution in [-0.4, -0.2) is 28.9 Å². The van der Waals surface area contributed by atoms with Crippen LogP contribution in [0.15, 0.2) is 54.6 Å². The number of rotatable bonds is 6. The third kappa shape index (κ3) is 7.30. The fourth-order valence-electron chi connectivity index (χ4n) is 4.72. The molecule has 1 atom stereocenters. The molecule has 2 N–H and O–H groups in total. The average Bonchev–Trinajstić information content (AvgIpc) is 2.85. The molecule has 0 radical (unpaired) electrons. The van der Waals surface area contributed by atoms with Crippen LogP contribution < -0.4 is 5.32 Å². The van der Waals surface area contributed by atoms with Gasteiger partial charge in [0.25, 0.3) is 0 Å². The molecule has 1 unspecified atom stereocenters. The molecule has 0 spiro atoms. The SMILES string of the molecule is C1CCC(NC2CCCCC2)CC1.CC(C(=O)O)c1cccc(C(=O)c2ccccc2)c1. The maximum absolute atomic E-state index is 12.2. The van der Waals surface area contributed by atoms with Crippen LogP contribution in [0.3, 0.4) is 0 Å². The lowest BCUT2D eigenvalue weighted by molar-refractivity contribution is -0.138. The van der Waals surface area contributed by atoms with Crippen molar-refractivity contribution in [1.29, 1.82) is 0 Å². The molecule has 172 valence electrons. The quantitative estimate of drug-likeness (QED) is 0.519. The van der Waals surface area contributed by atoms with Gasteiger partial charge >= 0.3 is 5.97 Å². The second-order valence-corrected chi connectivity index (χ2v) is 9.22. The lowest BCUT2D eigenvalue weighted by Gasteiger charge is -2.30. The predicted molar refractivity (Wildman–Crippen MR) is 129 cm³/mol. The number of nitrogens with one attached hydrogen (secondary N) is 1. The van der Waals surface area contributed by atoms with E-state index < -0.39 is 11.9 Å². The maximum atomic E-state index is 12.2. The third-order valence-corrected chi connectivity index (χ3v) is 6.74. The van der Waals surface area contributed by atoms with Crippen molar-refractivity contribution < 1.29 is 14.7 Å². The smallest absolute Gasteiger partial charge is 0.310 e. The number of hydrogen-bond donors (Lipinski definition) is 2.